The van der Waals surface area contributed by atoms with E-state index in [1.165, 1.54) is 22.9 Å². The van der Waals surface area contributed by atoms with Gasteiger partial charge in [-0.25, -0.2) is 4.98 Å². The van der Waals surface area contributed by atoms with Crippen LogP contribution in [-0.4, -0.2) is 16.1 Å². The number of carbonyl (C=O) groups is 1. The Balaban J connectivity index is 1.99. The van der Waals surface area contributed by atoms with Crippen LogP contribution < -0.4 is 5.32 Å². The molecule has 1 N–H and O–H groups in total. The number of pyridine rings is 1. The highest BCUT2D eigenvalue weighted by Gasteiger charge is 2.15. The second kappa shape index (κ2) is 6.57. The van der Waals surface area contributed by atoms with Crippen molar-refractivity contribution in [3.05, 3.63) is 53.7 Å². The molecule has 20 heavy (non-hydrogen) atoms. The van der Waals surface area contributed by atoms with Gasteiger partial charge in [0.1, 0.15) is 0 Å². The third-order valence-corrected chi connectivity index (χ3v) is 4.13. The Labute approximate surface area is 123 Å². The number of rotatable bonds is 4. The molecule has 2 rings (SSSR count). The first kappa shape index (κ1) is 14.6. The lowest BCUT2D eigenvalue weighted by Crippen LogP contribution is -2.22. The van der Waals surface area contributed by atoms with Crippen molar-refractivity contribution in [2.45, 2.75) is 31.0 Å². The van der Waals surface area contributed by atoms with Crippen molar-refractivity contribution in [1.82, 2.24) is 4.98 Å². The molecule has 0 bridgehead atoms. The molecule has 1 atom stereocenters. The summed E-state index contributed by atoms with van der Waals surface area (Å²) in [6.45, 7) is 5.98. The molecule has 0 fully saturated rings. The molecule has 104 valence electrons. The van der Waals surface area contributed by atoms with Crippen molar-refractivity contribution in [3.8, 4) is 0 Å². The number of carbonyl (C=O) groups excluding carboxylic acids is 1. The van der Waals surface area contributed by atoms with Crippen LogP contribution in [0.4, 0.5) is 5.69 Å². The molecule has 4 heteroatoms. The van der Waals surface area contributed by atoms with Crippen molar-refractivity contribution in [3.63, 3.8) is 0 Å². The van der Waals surface area contributed by atoms with Gasteiger partial charge in [0.25, 0.3) is 0 Å². The standard InChI is InChI=1S/C16H18N2OS/c1-11-7-8-14(10-12(11)2)18-16(19)13(3)20-15-6-4-5-9-17-15/h4-10,13H,1-3H3,(H,18,19). The van der Waals surface area contributed by atoms with Crippen LogP contribution in [0.2, 0.25) is 0 Å². The average molecular weight is 286 g/mol. The Hall–Kier alpha value is -1.81. The summed E-state index contributed by atoms with van der Waals surface area (Å²) in [5, 5.41) is 3.61. The lowest BCUT2D eigenvalue weighted by Gasteiger charge is -2.12. The minimum atomic E-state index is -0.188. The number of amides is 1. The first-order valence-corrected chi connectivity index (χ1v) is 7.40. The average Bonchev–Trinajstić information content (AvgIpc) is 2.44. The van der Waals surface area contributed by atoms with E-state index in [-0.39, 0.29) is 11.2 Å². The molecule has 1 aromatic carbocycles. The number of anilines is 1. The molecule has 1 aromatic heterocycles. The SMILES string of the molecule is Cc1ccc(NC(=O)C(C)Sc2ccccn2)cc1C. The maximum atomic E-state index is 12.2. The van der Waals surface area contributed by atoms with Gasteiger partial charge in [-0.3, -0.25) is 4.79 Å². The molecule has 2 aromatic rings. The van der Waals surface area contributed by atoms with Crippen molar-refractivity contribution in [2.75, 3.05) is 5.32 Å². The van der Waals surface area contributed by atoms with Gasteiger partial charge < -0.3 is 5.32 Å². The number of aryl methyl sites for hydroxylation is 2. The number of hydrogen-bond donors (Lipinski definition) is 1. The summed E-state index contributed by atoms with van der Waals surface area (Å²) in [5.74, 6) is -0.0103. The number of hydrogen-bond acceptors (Lipinski definition) is 3. The molecule has 0 aliphatic carbocycles. The first-order chi connectivity index (χ1) is 9.56. The van der Waals surface area contributed by atoms with Crippen LogP contribution in [0.25, 0.3) is 0 Å². The van der Waals surface area contributed by atoms with E-state index < -0.39 is 0 Å². The molecule has 0 aliphatic rings. The Morgan fingerprint density at radius 2 is 2.00 bits per heavy atom. The fraction of sp³-hybridized carbons (Fsp3) is 0.250. The minimum Gasteiger partial charge on any atom is -0.325 e. The van der Waals surface area contributed by atoms with Crippen LogP contribution in [0, 0.1) is 13.8 Å². The number of nitrogens with zero attached hydrogens (tertiary/aromatic N) is 1. The molecule has 1 heterocycles. The van der Waals surface area contributed by atoms with Crippen molar-refractivity contribution in [2.24, 2.45) is 0 Å². The molecular weight excluding hydrogens is 268 g/mol. The fourth-order valence-corrected chi connectivity index (χ4v) is 2.52. The van der Waals surface area contributed by atoms with E-state index in [4.69, 9.17) is 0 Å². The van der Waals surface area contributed by atoms with E-state index in [0.717, 1.165) is 10.7 Å². The van der Waals surface area contributed by atoms with Gasteiger partial charge in [0, 0.05) is 11.9 Å². The summed E-state index contributed by atoms with van der Waals surface area (Å²) in [6, 6.07) is 11.6. The third-order valence-electron chi connectivity index (χ3n) is 3.08. The monoisotopic (exact) mass is 286 g/mol. The fourth-order valence-electron chi connectivity index (χ4n) is 1.71. The molecule has 0 aliphatic heterocycles. The predicted octanol–water partition coefficient (Wildman–Crippen LogP) is 3.82. The summed E-state index contributed by atoms with van der Waals surface area (Å²) in [7, 11) is 0. The van der Waals surface area contributed by atoms with E-state index in [0.29, 0.717) is 0 Å². The zero-order valence-corrected chi connectivity index (χ0v) is 12.7. The maximum absolute atomic E-state index is 12.2. The van der Waals surface area contributed by atoms with Gasteiger partial charge in [-0.05, 0) is 56.2 Å². The molecule has 3 nitrogen and oxygen atoms in total. The van der Waals surface area contributed by atoms with Gasteiger partial charge in [0.2, 0.25) is 5.91 Å². The van der Waals surface area contributed by atoms with E-state index in [1.54, 1.807) is 6.20 Å². The summed E-state index contributed by atoms with van der Waals surface area (Å²) < 4.78 is 0. The van der Waals surface area contributed by atoms with Gasteiger partial charge in [0.15, 0.2) is 0 Å². The van der Waals surface area contributed by atoms with Crippen LogP contribution in [0.1, 0.15) is 18.1 Å². The second-order valence-corrected chi connectivity index (χ2v) is 6.08. The van der Waals surface area contributed by atoms with Crippen molar-refractivity contribution >= 4 is 23.4 Å². The lowest BCUT2D eigenvalue weighted by molar-refractivity contribution is -0.115. The lowest BCUT2D eigenvalue weighted by atomic mass is 10.1. The number of thioether (sulfide) groups is 1. The molecule has 1 amide bonds. The van der Waals surface area contributed by atoms with Gasteiger partial charge >= 0.3 is 0 Å². The van der Waals surface area contributed by atoms with Gasteiger partial charge in [-0.1, -0.05) is 23.9 Å². The Morgan fingerprint density at radius 3 is 2.65 bits per heavy atom. The normalized spacial score (nSPS) is 11.9. The van der Waals surface area contributed by atoms with Crippen molar-refractivity contribution in [1.29, 1.82) is 0 Å². The molecule has 0 spiro atoms. The predicted molar refractivity (Wildman–Crippen MR) is 84.1 cm³/mol. The minimum absolute atomic E-state index is 0.0103. The number of benzene rings is 1. The second-order valence-electron chi connectivity index (χ2n) is 4.72. The van der Waals surface area contributed by atoms with Gasteiger partial charge in [0.05, 0.1) is 10.3 Å². The summed E-state index contributed by atoms with van der Waals surface area (Å²) >= 11 is 1.46. The molecule has 0 saturated carbocycles. The summed E-state index contributed by atoms with van der Waals surface area (Å²) in [4.78, 5) is 16.4. The zero-order valence-electron chi connectivity index (χ0n) is 11.9. The van der Waals surface area contributed by atoms with Gasteiger partial charge in [-0.15, -0.1) is 0 Å². The molecule has 1 unspecified atom stereocenters. The zero-order chi connectivity index (χ0) is 14.5. The molecular formula is C16H18N2OS. The summed E-state index contributed by atoms with van der Waals surface area (Å²) in [5.41, 5.74) is 3.23. The summed E-state index contributed by atoms with van der Waals surface area (Å²) in [6.07, 6.45) is 1.73. The third kappa shape index (κ3) is 3.84. The van der Waals surface area contributed by atoms with Crippen LogP contribution in [0.5, 0.6) is 0 Å². The largest absolute Gasteiger partial charge is 0.325 e. The van der Waals surface area contributed by atoms with E-state index in [1.807, 2.05) is 50.2 Å². The van der Waals surface area contributed by atoms with Crippen LogP contribution in [-0.2, 0) is 4.79 Å². The number of nitrogens with one attached hydrogen (secondary N) is 1. The number of aromatic nitrogens is 1. The van der Waals surface area contributed by atoms with Crippen molar-refractivity contribution < 1.29 is 4.79 Å². The first-order valence-electron chi connectivity index (χ1n) is 6.52. The highest BCUT2D eigenvalue weighted by atomic mass is 32.2. The topological polar surface area (TPSA) is 42.0 Å². The van der Waals surface area contributed by atoms with E-state index in [2.05, 4.69) is 17.2 Å². The van der Waals surface area contributed by atoms with Crippen LogP contribution in [0.3, 0.4) is 0 Å². The van der Waals surface area contributed by atoms with E-state index >= 15 is 0 Å². The molecule has 0 radical (unpaired) electrons. The van der Waals surface area contributed by atoms with E-state index in [9.17, 15) is 4.79 Å². The van der Waals surface area contributed by atoms with Crippen LogP contribution in [0.15, 0.2) is 47.6 Å². The molecule has 0 saturated heterocycles. The van der Waals surface area contributed by atoms with Crippen LogP contribution >= 0.6 is 11.8 Å². The highest BCUT2D eigenvalue weighted by molar-refractivity contribution is 8.00. The quantitative estimate of drug-likeness (QED) is 0.869. The highest BCUT2D eigenvalue weighted by Crippen LogP contribution is 2.22. The Morgan fingerprint density at radius 1 is 1.20 bits per heavy atom. The maximum Gasteiger partial charge on any atom is 0.237 e. The Kier molecular flexibility index (Phi) is 4.79. The smallest absolute Gasteiger partial charge is 0.237 e. The Bertz CT molecular complexity index is 599. The van der Waals surface area contributed by atoms with Gasteiger partial charge in [-0.2, -0.15) is 0 Å².